The number of rotatable bonds is 4. The van der Waals surface area contributed by atoms with E-state index >= 15 is 0 Å². The predicted octanol–water partition coefficient (Wildman–Crippen LogP) is 2.88. The van der Waals surface area contributed by atoms with Crippen molar-refractivity contribution in [2.45, 2.75) is 32.2 Å². The Hall–Kier alpha value is -2.41. The van der Waals surface area contributed by atoms with Crippen LogP contribution in [0.1, 0.15) is 41.2 Å². The highest BCUT2D eigenvalue weighted by Crippen LogP contribution is 2.26. The number of hydrogen-bond donors (Lipinski definition) is 3. The molecule has 1 aromatic carbocycles. The summed E-state index contributed by atoms with van der Waals surface area (Å²) in [5.74, 6) is -0.0958. The van der Waals surface area contributed by atoms with E-state index in [0.29, 0.717) is 17.8 Å². The van der Waals surface area contributed by atoms with Gasteiger partial charge in [-0.3, -0.25) is 4.79 Å². The van der Waals surface area contributed by atoms with Gasteiger partial charge in [0, 0.05) is 29.4 Å². The lowest BCUT2D eigenvalue weighted by molar-refractivity contribution is 0.0946. The highest BCUT2D eigenvalue weighted by molar-refractivity contribution is 7.09. The van der Waals surface area contributed by atoms with Gasteiger partial charge in [-0.1, -0.05) is 13.0 Å². The molecule has 0 spiro atoms. The van der Waals surface area contributed by atoms with Gasteiger partial charge in [0.1, 0.15) is 5.01 Å². The van der Waals surface area contributed by atoms with Crippen LogP contribution in [0.2, 0.25) is 0 Å². The molecule has 24 heavy (non-hydrogen) atoms. The van der Waals surface area contributed by atoms with Gasteiger partial charge >= 0.3 is 6.03 Å². The van der Waals surface area contributed by atoms with Gasteiger partial charge in [0.05, 0.1) is 5.54 Å². The molecular formula is C17H20N4O2S. The summed E-state index contributed by atoms with van der Waals surface area (Å²) in [4.78, 5) is 28.6. The van der Waals surface area contributed by atoms with Gasteiger partial charge in [0.25, 0.3) is 5.91 Å². The molecule has 0 aliphatic carbocycles. The fourth-order valence-corrected chi connectivity index (χ4v) is 3.52. The molecule has 1 aromatic heterocycles. The normalized spacial score (nSPS) is 15.8. The molecule has 2 aromatic rings. The Morgan fingerprint density at radius 2 is 2.29 bits per heavy atom. The van der Waals surface area contributed by atoms with Crippen LogP contribution in [0.3, 0.4) is 0 Å². The summed E-state index contributed by atoms with van der Waals surface area (Å²) in [6, 6.07) is 5.12. The van der Waals surface area contributed by atoms with E-state index in [-0.39, 0.29) is 11.9 Å². The fourth-order valence-electron chi connectivity index (χ4n) is 2.69. The van der Waals surface area contributed by atoms with E-state index in [0.717, 1.165) is 23.4 Å². The van der Waals surface area contributed by atoms with Gasteiger partial charge in [0.2, 0.25) is 0 Å². The number of fused-ring (bicyclic) bond motifs is 1. The summed E-state index contributed by atoms with van der Waals surface area (Å²) in [5.41, 5.74) is 1.70. The number of nitrogens with one attached hydrogen (secondary N) is 3. The molecule has 0 saturated carbocycles. The average molecular weight is 344 g/mol. The lowest BCUT2D eigenvalue weighted by Crippen LogP contribution is -2.45. The fraction of sp³-hybridized carbons (Fsp3) is 0.353. The molecule has 0 bridgehead atoms. The molecule has 0 unspecified atom stereocenters. The smallest absolute Gasteiger partial charge is 0.320 e. The van der Waals surface area contributed by atoms with E-state index in [1.54, 1.807) is 12.3 Å². The second-order valence-electron chi connectivity index (χ2n) is 5.98. The maximum Gasteiger partial charge on any atom is 0.320 e. The van der Waals surface area contributed by atoms with Crippen LogP contribution < -0.4 is 16.0 Å². The van der Waals surface area contributed by atoms with E-state index in [1.807, 2.05) is 31.4 Å². The first-order valence-electron chi connectivity index (χ1n) is 7.92. The Balaban J connectivity index is 1.73. The molecule has 0 saturated heterocycles. The molecule has 0 radical (unpaired) electrons. The summed E-state index contributed by atoms with van der Waals surface area (Å²) in [7, 11) is 0. The Bertz CT molecular complexity index is 760. The number of urea groups is 1. The minimum Gasteiger partial charge on any atom is -0.352 e. The molecule has 126 valence electrons. The Labute approximate surface area is 144 Å². The number of thiazole rings is 1. The van der Waals surface area contributed by atoms with Gasteiger partial charge < -0.3 is 16.0 Å². The number of carbonyl (C=O) groups excluding carboxylic acids is 2. The predicted molar refractivity (Wildman–Crippen MR) is 94.4 cm³/mol. The van der Waals surface area contributed by atoms with Crippen molar-refractivity contribution in [2.24, 2.45) is 0 Å². The van der Waals surface area contributed by atoms with E-state index in [1.165, 1.54) is 11.3 Å². The molecule has 3 rings (SSSR count). The van der Waals surface area contributed by atoms with Crippen LogP contribution in [0, 0.1) is 0 Å². The van der Waals surface area contributed by atoms with Crippen LogP contribution in [0.5, 0.6) is 0 Å². The quantitative estimate of drug-likeness (QED) is 0.797. The van der Waals surface area contributed by atoms with Gasteiger partial charge in [-0.2, -0.15) is 0 Å². The Kier molecular flexibility index (Phi) is 4.53. The molecule has 1 aliphatic heterocycles. The second-order valence-corrected chi connectivity index (χ2v) is 6.87. The molecular weight excluding hydrogens is 324 g/mol. The number of amides is 3. The van der Waals surface area contributed by atoms with Gasteiger partial charge in [-0.15, -0.1) is 11.3 Å². The van der Waals surface area contributed by atoms with E-state index in [2.05, 4.69) is 20.9 Å². The third-order valence-corrected chi connectivity index (χ3v) is 5.33. The third kappa shape index (κ3) is 3.26. The van der Waals surface area contributed by atoms with Gasteiger partial charge in [-0.25, -0.2) is 9.78 Å². The lowest BCUT2D eigenvalue weighted by atomic mass is 9.99. The first kappa shape index (κ1) is 16.4. The maximum absolute atomic E-state index is 12.4. The molecule has 1 aliphatic rings. The summed E-state index contributed by atoms with van der Waals surface area (Å²) in [5, 5.41) is 11.4. The molecule has 3 N–H and O–H groups in total. The number of aromatic nitrogens is 1. The second kappa shape index (κ2) is 6.60. The first-order valence-corrected chi connectivity index (χ1v) is 8.80. The lowest BCUT2D eigenvalue weighted by Gasteiger charge is -2.27. The maximum atomic E-state index is 12.4. The molecule has 2 heterocycles. The van der Waals surface area contributed by atoms with Crippen molar-refractivity contribution in [3.63, 3.8) is 0 Å². The molecule has 7 heteroatoms. The summed E-state index contributed by atoms with van der Waals surface area (Å²) in [6.45, 7) is 4.61. The van der Waals surface area contributed by atoms with E-state index < -0.39 is 5.54 Å². The van der Waals surface area contributed by atoms with Crippen LogP contribution in [0.25, 0.3) is 0 Å². The topological polar surface area (TPSA) is 83.1 Å². The number of anilines is 1. The van der Waals surface area contributed by atoms with Gasteiger partial charge in [-0.05, 0) is 37.5 Å². The minimum absolute atomic E-state index is 0.0958. The zero-order valence-electron chi connectivity index (χ0n) is 13.7. The zero-order chi connectivity index (χ0) is 17.2. The standard InChI is InChI=1S/C17H20N4O2S/c1-3-17(2,15-19-8-9-24-15)21-16(23)20-12-5-4-11-6-7-18-14(22)13(11)10-12/h4-5,8-10H,3,6-7H2,1-2H3,(H,18,22)(H2,20,21,23)/t17-/m0/s1. The SMILES string of the molecule is CC[C@](C)(NC(=O)Nc1ccc2c(c1)C(=O)NCC2)c1nccs1. The molecule has 6 nitrogen and oxygen atoms in total. The first-order chi connectivity index (χ1) is 11.5. The number of nitrogens with zero attached hydrogens (tertiary/aromatic N) is 1. The number of carbonyl (C=O) groups is 2. The van der Waals surface area contributed by atoms with Crippen molar-refractivity contribution in [2.75, 3.05) is 11.9 Å². The van der Waals surface area contributed by atoms with Crippen LogP contribution in [-0.2, 0) is 12.0 Å². The summed E-state index contributed by atoms with van der Waals surface area (Å²) >= 11 is 1.52. The van der Waals surface area contributed by atoms with Crippen molar-refractivity contribution in [3.05, 3.63) is 45.9 Å². The van der Waals surface area contributed by atoms with Crippen molar-refractivity contribution < 1.29 is 9.59 Å². The Morgan fingerprint density at radius 3 is 3.00 bits per heavy atom. The highest BCUT2D eigenvalue weighted by atomic mass is 32.1. The number of hydrogen-bond acceptors (Lipinski definition) is 4. The summed E-state index contributed by atoms with van der Waals surface area (Å²) in [6.07, 6.45) is 3.27. The van der Waals surface area contributed by atoms with Gasteiger partial charge in [0.15, 0.2) is 0 Å². The van der Waals surface area contributed by atoms with E-state index in [9.17, 15) is 9.59 Å². The van der Waals surface area contributed by atoms with Crippen molar-refractivity contribution in [3.8, 4) is 0 Å². The monoisotopic (exact) mass is 344 g/mol. The van der Waals surface area contributed by atoms with Crippen LogP contribution in [0.15, 0.2) is 29.8 Å². The highest BCUT2D eigenvalue weighted by Gasteiger charge is 2.29. The van der Waals surface area contributed by atoms with Crippen LogP contribution >= 0.6 is 11.3 Å². The van der Waals surface area contributed by atoms with Crippen molar-refractivity contribution in [1.82, 2.24) is 15.6 Å². The van der Waals surface area contributed by atoms with Crippen LogP contribution in [0.4, 0.5) is 10.5 Å². The van der Waals surface area contributed by atoms with Crippen LogP contribution in [-0.4, -0.2) is 23.5 Å². The van der Waals surface area contributed by atoms with Crippen molar-refractivity contribution in [1.29, 1.82) is 0 Å². The Morgan fingerprint density at radius 1 is 1.46 bits per heavy atom. The average Bonchev–Trinajstić information content (AvgIpc) is 3.10. The minimum atomic E-state index is -0.524. The molecule has 1 atom stereocenters. The molecule has 3 amide bonds. The molecule has 0 fully saturated rings. The zero-order valence-corrected chi connectivity index (χ0v) is 14.5. The third-order valence-electron chi connectivity index (χ3n) is 4.29. The number of benzene rings is 1. The summed E-state index contributed by atoms with van der Waals surface area (Å²) < 4.78 is 0. The van der Waals surface area contributed by atoms with Crippen molar-refractivity contribution >= 4 is 29.0 Å². The largest absolute Gasteiger partial charge is 0.352 e. The van der Waals surface area contributed by atoms with E-state index in [4.69, 9.17) is 0 Å².